The Bertz CT molecular complexity index is 916. The summed E-state index contributed by atoms with van der Waals surface area (Å²) in [6.07, 6.45) is -0.386. The van der Waals surface area contributed by atoms with Crippen LogP contribution in [0.15, 0.2) is 47.4 Å². The van der Waals surface area contributed by atoms with E-state index in [1.54, 1.807) is 26.0 Å². The number of benzene rings is 2. The number of nitrogens with zero attached hydrogens (tertiary/aromatic N) is 1. The highest BCUT2D eigenvalue weighted by atomic mass is 35.5. The Morgan fingerprint density at radius 2 is 1.69 bits per heavy atom. The molecule has 0 saturated heterocycles. The number of para-hydroxylation sites is 1. The summed E-state index contributed by atoms with van der Waals surface area (Å²) >= 11 is 18.0. The van der Waals surface area contributed by atoms with E-state index < -0.39 is 22.5 Å². The van der Waals surface area contributed by atoms with Gasteiger partial charge in [0.25, 0.3) is 10.0 Å². The Hall–Kier alpha value is -1.47. The SMILES string of the molecule is CC(C)OC(=O)CN(c1ccccc1Cl)S(=O)(=O)c1ccc(Cl)c(Cl)c1. The molecule has 2 rings (SSSR count). The van der Waals surface area contributed by atoms with E-state index >= 15 is 0 Å². The zero-order valence-corrected chi connectivity index (χ0v) is 17.0. The molecule has 2 aromatic rings. The molecule has 0 heterocycles. The van der Waals surface area contributed by atoms with E-state index in [1.807, 2.05) is 0 Å². The Morgan fingerprint density at radius 3 is 2.27 bits per heavy atom. The number of hydrogen-bond acceptors (Lipinski definition) is 4. The Kier molecular flexibility index (Phi) is 6.80. The van der Waals surface area contributed by atoms with Crippen LogP contribution in [0.1, 0.15) is 13.8 Å². The molecule has 0 aliphatic heterocycles. The van der Waals surface area contributed by atoms with Gasteiger partial charge in [-0.15, -0.1) is 0 Å². The number of hydrogen-bond donors (Lipinski definition) is 0. The number of sulfonamides is 1. The molecule has 9 heteroatoms. The second-order valence-electron chi connectivity index (χ2n) is 5.58. The molecule has 0 aliphatic rings. The Morgan fingerprint density at radius 1 is 1.04 bits per heavy atom. The van der Waals surface area contributed by atoms with Gasteiger partial charge in [-0.2, -0.15) is 0 Å². The molecule has 0 atom stereocenters. The number of ether oxygens (including phenoxy) is 1. The summed E-state index contributed by atoms with van der Waals surface area (Å²) < 4.78 is 32.2. The van der Waals surface area contributed by atoms with Crippen LogP contribution < -0.4 is 4.31 Å². The van der Waals surface area contributed by atoms with Gasteiger partial charge in [0.1, 0.15) is 6.54 Å². The van der Waals surface area contributed by atoms with Crippen LogP contribution in [0.4, 0.5) is 5.69 Å². The third-order valence-electron chi connectivity index (χ3n) is 3.24. The number of carbonyl (C=O) groups is 1. The van der Waals surface area contributed by atoms with Crippen molar-refractivity contribution in [3.63, 3.8) is 0 Å². The number of carbonyl (C=O) groups excluding carboxylic acids is 1. The van der Waals surface area contributed by atoms with Crippen LogP contribution in [0.5, 0.6) is 0 Å². The highest BCUT2D eigenvalue weighted by Crippen LogP contribution is 2.32. The van der Waals surface area contributed by atoms with Gasteiger partial charge in [0.15, 0.2) is 0 Å². The fourth-order valence-electron chi connectivity index (χ4n) is 2.14. The van der Waals surface area contributed by atoms with Crippen LogP contribution >= 0.6 is 34.8 Å². The van der Waals surface area contributed by atoms with Crippen molar-refractivity contribution in [3.8, 4) is 0 Å². The summed E-state index contributed by atoms with van der Waals surface area (Å²) in [5.41, 5.74) is 0.154. The maximum atomic E-state index is 13.1. The lowest BCUT2D eigenvalue weighted by Gasteiger charge is -2.25. The molecule has 0 N–H and O–H groups in total. The number of halogens is 3. The molecule has 0 saturated carbocycles. The first-order valence-corrected chi connectivity index (χ1v) is 10.1. The summed E-state index contributed by atoms with van der Waals surface area (Å²) in [6, 6.07) is 10.2. The Labute approximate surface area is 167 Å². The van der Waals surface area contributed by atoms with Gasteiger partial charge in [-0.05, 0) is 44.2 Å². The normalized spacial score (nSPS) is 11.5. The average molecular weight is 437 g/mol. The zero-order chi connectivity index (χ0) is 19.5. The predicted octanol–water partition coefficient (Wildman–Crippen LogP) is 4.79. The van der Waals surface area contributed by atoms with Gasteiger partial charge >= 0.3 is 5.97 Å². The third kappa shape index (κ3) is 4.82. The molecule has 0 unspecified atom stereocenters. The van der Waals surface area contributed by atoms with Gasteiger partial charge < -0.3 is 4.74 Å². The zero-order valence-electron chi connectivity index (χ0n) is 13.9. The molecule has 0 bridgehead atoms. The second-order valence-corrected chi connectivity index (χ2v) is 8.66. The van der Waals surface area contributed by atoms with Crippen molar-refractivity contribution in [2.75, 3.05) is 10.8 Å². The van der Waals surface area contributed by atoms with Gasteiger partial charge in [-0.1, -0.05) is 46.9 Å². The lowest BCUT2D eigenvalue weighted by Crippen LogP contribution is -2.37. The van der Waals surface area contributed by atoms with E-state index in [9.17, 15) is 13.2 Å². The predicted molar refractivity (Wildman–Crippen MR) is 104 cm³/mol. The molecular formula is C17H16Cl3NO4S. The summed E-state index contributed by atoms with van der Waals surface area (Å²) in [5, 5.41) is 0.471. The quantitative estimate of drug-likeness (QED) is 0.611. The molecule has 0 fully saturated rings. The first-order valence-electron chi connectivity index (χ1n) is 7.54. The van der Waals surface area contributed by atoms with Crippen molar-refractivity contribution in [1.29, 1.82) is 0 Å². The topological polar surface area (TPSA) is 63.7 Å². The number of esters is 1. The molecule has 2 aromatic carbocycles. The van der Waals surface area contributed by atoms with Crippen LogP contribution in [0.3, 0.4) is 0 Å². The summed E-state index contributed by atoms with van der Waals surface area (Å²) in [5.74, 6) is -0.705. The lowest BCUT2D eigenvalue weighted by molar-refractivity contribution is -0.145. The van der Waals surface area contributed by atoms with Gasteiger partial charge in [-0.25, -0.2) is 8.42 Å². The van der Waals surface area contributed by atoms with Crippen LogP contribution in [0.2, 0.25) is 15.1 Å². The molecule has 0 radical (unpaired) electrons. The molecule has 0 aliphatic carbocycles. The number of rotatable bonds is 6. The second kappa shape index (κ2) is 8.48. The van der Waals surface area contributed by atoms with Gasteiger partial charge in [0.05, 0.1) is 31.8 Å². The van der Waals surface area contributed by atoms with E-state index in [1.165, 1.54) is 30.3 Å². The van der Waals surface area contributed by atoms with E-state index in [0.717, 1.165) is 4.31 Å². The molecular weight excluding hydrogens is 421 g/mol. The molecule has 0 spiro atoms. The molecule has 140 valence electrons. The van der Waals surface area contributed by atoms with Gasteiger partial charge in [0.2, 0.25) is 0 Å². The van der Waals surface area contributed by atoms with Crippen molar-refractivity contribution < 1.29 is 17.9 Å². The van der Waals surface area contributed by atoms with Crippen molar-refractivity contribution in [1.82, 2.24) is 0 Å². The van der Waals surface area contributed by atoms with Crippen LogP contribution in [-0.4, -0.2) is 27.0 Å². The van der Waals surface area contributed by atoms with Crippen molar-refractivity contribution in [2.24, 2.45) is 0 Å². The lowest BCUT2D eigenvalue weighted by atomic mass is 10.3. The van der Waals surface area contributed by atoms with E-state index in [2.05, 4.69) is 0 Å². The third-order valence-corrected chi connectivity index (χ3v) is 6.05. The van der Waals surface area contributed by atoms with Crippen molar-refractivity contribution in [2.45, 2.75) is 24.8 Å². The van der Waals surface area contributed by atoms with Crippen LogP contribution in [-0.2, 0) is 19.6 Å². The van der Waals surface area contributed by atoms with E-state index in [-0.39, 0.29) is 31.8 Å². The van der Waals surface area contributed by atoms with Crippen molar-refractivity contribution in [3.05, 3.63) is 57.5 Å². The smallest absolute Gasteiger partial charge is 0.327 e. The minimum Gasteiger partial charge on any atom is -0.462 e. The van der Waals surface area contributed by atoms with Gasteiger partial charge in [0, 0.05) is 0 Å². The molecule has 0 aromatic heterocycles. The maximum absolute atomic E-state index is 13.1. The average Bonchev–Trinajstić information content (AvgIpc) is 2.55. The van der Waals surface area contributed by atoms with E-state index in [0.29, 0.717) is 0 Å². The maximum Gasteiger partial charge on any atom is 0.327 e. The monoisotopic (exact) mass is 435 g/mol. The molecule has 5 nitrogen and oxygen atoms in total. The fourth-order valence-corrected chi connectivity index (χ4v) is 4.24. The Balaban J connectivity index is 2.53. The summed E-state index contributed by atoms with van der Waals surface area (Å²) in [4.78, 5) is 12.0. The first-order chi connectivity index (χ1) is 12.1. The largest absolute Gasteiger partial charge is 0.462 e. The number of anilines is 1. The van der Waals surface area contributed by atoms with Crippen LogP contribution in [0.25, 0.3) is 0 Å². The highest BCUT2D eigenvalue weighted by Gasteiger charge is 2.30. The standard InChI is InChI=1S/C17H16Cl3NO4S/c1-11(2)25-17(22)10-21(16-6-4-3-5-14(16)19)26(23,24)12-7-8-13(18)15(20)9-12/h3-9,11H,10H2,1-2H3. The fraction of sp³-hybridized carbons (Fsp3) is 0.235. The summed E-state index contributed by atoms with van der Waals surface area (Å²) in [7, 11) is -4.14. The first kappa shape index (κ1) is 20.8. The van der Waals surface area contributed by atoms with Crippen molar-refractivity contribution >= 4 is 56.5 Å². The van der Waals surface area contributed by atoms with E-state index in [4.69, 9.17) is 39.5 Å². The molecule has 0 amide bonds. The minimum atomic E-state index is -4.14. The highest BCUT2D eigenvalue weighted by molar-refractivity contribution is 7.92. The minimum absolute atomic E-state index is 0.0802. The molecule has 26 heavy (non-hydrogen) atoms. The summed E-state index contributed by atoms with van der Waals surface area (Å²) in [6.45, 7) is 2.81. The van der Waals surface area contributed by atoms with Gasteiger partial charge in [-0.3, -0.25) is 9.10 Å². The van der Waals surface area contributed by atoms with Crippen LogP contribution in [0, 0.1) is 0 Å².